The van der Waals surface area contributed by atoms with Gasteiger partial charge in [0, 0.05) is 22.4 Å². The number of ether oxygens (including phenoxy) is 1. The fourth-order valence-electron chi connectivity index (χ4n) is 3.30. The van der Waals surface area contributed by atoms with E-state index in [1.165, 1.54) is 44.0 Å². The monoisotopic (exact) mass is 514 g/mol. The highest BCUT2D eigenvalue weighted by molar-refractivity contribution is 7.99. The number of alkyl halides is 3. The summed E-state index contributed by atoms with van der Waals surface area (Å²) in [5.41, 5.74) is -3.10. The highest BCUT2D eigenvalue weighted by Crippen LogP contribution is 2.35. The zero-order valence-electron chi connectivity index (χ0n) is 19.2. The number of methoxy groups -OCH3 is 1. The van der Waals surface area contributed by atoms with Gasteiger partial charge in [0.05, 0.1) is 24.3 Å². The predicted molar refractivity (Wildman–Crippen MR) is 131 cm³/mol. The third kappa shape index (κ3) is 6.24. The van der Waals surface area contributed by atoms with E-state index in [2.05, 4.69) is 10.1 Å². The summed E-state index contributed by atoms with van der Waals surface area (Å²) < 4.78 is 44.3. The number of benzene rings is 3. The fourth-order valence-corrected chi connectivity index (χ4v) is 4.36. The number of rotatable bonds is 7. The van der Waals surface area contributed by atoms with E-state index in [4.69, 9.17) is 5.26 Å². The molecule has 0 saturated heterocycles. The quantitative estimate of drug-likeness (QED) is 0.249. The number of halogens is 3. The van der Waals surface area contributed by atoms with Crippen LogP contribution in [0.25, 0.3) is 16.8 Å². The lowest BCUT2D eigenvalue weighted by Gasteiger charge is -2.23. The van der Waals surface area contributed by atoms with Crippen molar-refractivity contribution in [3.8, 4) is 6.07 Å². The Balaban J connectivity index is 1.79. The van der Waals surface area contributed by atoms with E-state index < -0.39 is 34.8 Å². The van der Waals surface area contributed by atoms with Crippen LogP contribution in [0.5, 0.6) is 0 Å². The van der Waals surface area contributed by atoms with Gasteiger partial charge < -0.3 is 15.2 Å². The third-order valence-corrected chi connectivity index (χ3v) is 6.59. The Bertz CT molecular complexity index is 1380. The zero-order chi connectivity index (χ0) is 26.5. The standard InChI is InChI=1S/C26H21F3N2O4S/c1-25(34,24(33)31-18-10-7-17(14-30)21(13-18)26(27,28)29)15-36-22-11-8-16(9-12-23(32)35-2)19-5-3-4-6-20(19)22/h3-13,34H,15H2,1-2H3,(H,31,33)/b12-9+. The Morgan fingerprint density at radius 3 is 2.47 bits per heavy atom. The molecule has 2 N–H and O–H groups in total. The van der Waals surface area contributed by atoms with Gasteiger partial charge in [-0.2, -0.15) is 18.4 Å². The van der Waals surface area contributed by atoms with Crippen LogP contribution in [0.4, 0.5) is 18.9 Å². The molecule has 3 rings (SSSR count). The van der Waals surface area contributed by atoms with E-state index in [-0.39, 0.29) is 11.4 Å². The Morgan fingerprint density at radius 1 is 1.14 bits per heavy atom. The summed E-state index contributed by atoms with van der Waals surface area (Å²) in [7, 11) is 1.28. The van der Waals surface area contributed by atoms with Crippen LogP contribution in [0.2, 0.25) is 0 Å². The minimum atomic E-state index is -4.77. The van der Waals surface area contributed by atoms with Crippen LogP contribution < -0.4 is 5.32 Å². The summed E-state index contributed by atoms with van der Waals surface area (Å²) in [5, 5.41) is 23.6. The molecule has 0 spiro atoms. The van der Waals surface area contributed by atoms with Crippen LogP contribution >= 0.6 is 11.8 Å². The molecule has 0 aliphatic carbocycles. The van der Waals surface area contributed by atoms with E-state index in [1.807, 2.05) is 24.3 Å². The molecule has 0 heterocycles. The minimum Gasteiger partial charge on any atom is -0.466 e. The molecular formula is C26H21F3N2O4S. The summed E-state index contributed by atoms with van der Waals surface area (Å²) >= 11 is 1.20. The van der Waals surface area contributed by atoms with Gasteiger partial charge in [-0.25, -0.2) is 4.79 Å². The van der Waals surface area contributed by atoms with E-state index in [0.29, 0.717) is 6.07 Å². The number of amides is 1. The Kier molecular flexibility index (Phi) is 8.07. The van der Waals surface area contributed by atoms with Crippen LogP contribution in [-0.4, -0.2) is 35.4 Å². The van der Waals surface area contributed by atoms with Crippen LogP contribution in [0.3, 0.4) is 0 Å². The van der Waals surface area contributed by atoms with Gasteiger partial charge in [0.25, 0.3) is 5.91 Å². The Labute approximate surface area is 209 Å². The average molecular weight is 515 g/mol. The van der Waals surface area contributed by atoms with Gasteiger partial charge in [0.1, 0.15) is 5.60 Å². The summed E-state index contributed by atoms with van der Waals surface area (Å²) in [5.74, 6) is -1.48. The number of carbonyl (C=O) groups excluding carboxylic acids is 2. The van der Waals surface area contributed by atoms with Crippen molar-refractivity contribution in [2.24, 2.45) is 0 Å². The maximum Gasteiger partial charge on any atom is 0.417 e. The topological polar surface area (TPSA) is 99.4 Å². The lowest BCUT2D eigenvalue weighted by Crippen LogP contribution is -2.42. The maximum absolute atomic E-state index is 13.2. The second-order valence-electron chi connectivity index (χ2n) is 7.94. The lowest BCUT2D eigenvalue weighted by molar-refractivity contribution is -0.138. The Morgan fingerprint density at radius 2 is 1.83 bits per heavy atom. The van der Waals surface area contributed by atoms with E-state index >= 15 is 0 Å². The van der Waals surface area contributed by atoms with Crippen molar-refractivity contribution in [2.75, 3.05) is 18.2 Å². The van der Waals surface area contributed by atoms with Crippen molar-refractivity contribution in [1.29, 1.82) is 5.26 Å². The normalized spacial score (nSPS) is 13.2. The van der Waals surface area contributed by atoms with Gasteiger partial charge in [0.15, 0.2) is 0 Å². The van der Waals surface area contributed by atoms with Crippen molar-refractivity contribution < 1.29 is 32.6 Å². The molecule has 0 bridgehead atoms. The number of hydrogen-bond donors (Lipinski definition) is 2. The molecule has 0 saturated carbocycles. The van der Waals surface area contributed by atoms with Gasteiger partial charge >= 0.3 is 12.1 Å². The minimum absolute atomic E-state index is 0.0947. The SMILES string of the molecule is COC(=O)/C=C/c1ccc(SCC(C)(O)C(=O)Nc2ccc(C#N)c(C(F)(F)F)c2)c2ccccc12. The highest BCUT2D eigenvalue weighted by atomic mass is 32.2. The molecule has 1 amide bonds. The van der Waals surface area contributed by atoms with E-state index in [0.717, 1.165) is 27.3 Å². The smallest absolute Gasteiger partial charge is 0.417 e. The molecule has 6 nitrogen and oxygen atoms in total. The van der Waals surface area contributed by atoms with E-state index in [9.17, 15) is 27.9 Å². The number of anilines is 1. The van der Waals surface area contributed by atoms with Crippen molar-refractivity contribution in [3.63, 3.8) is 0 Å². The number of aliphatic hydroxyl groups is 1. The second-order valence-corrected chi connectivity index (χ2v) is 8.96. The van der Waals surface area contributed by atoms with Crippen LogP contribution in [0, 0.1) is 11.3 Å². The molecule has 1 atom stereocenters. The van der Waals surface area contributed by atoms with Crippen molar-refractivity contribution >= 4 is 46.2 Å². The van der Waals surface area contributed by atoms with Crippen molar-refractivity contribution in [1.82, 2.24) is 0 Å². The van der Waals surface area contributed by atoms with Gasteiger partial charge in [-0.15, -0.1) is 11.8 Å². The molecule has 3 aromatic rings. The van der Waals surface area contributed by atoms with Crippen LogP contribution in [-0.2, 0) is 20.5 Å². The number of thioether (sulfide) groups is 1. The zero-order valence-corrected chi connectivity index (χ0v) is 20.0. The first-order valence-electron chi connectivity index (χ1n) is 10.5. The first-order valence-corrected chi connectivity index (χ1v) is 11.5. The van der Waals surface area contributed by atoms with Gasteiger partial charge in [0.2, 0.25) is 0 Å². The number of carbonyl (C=O) groups is 2. The van der Waals surface area contributed by atoms with Gasteiger partial charge in [-0.1, -0.05) is 30.3 Å². The fraction of sp³-hybridized carbons (Fsp3) is 0.192. The Hall–Kier alpha value is -3.81. The lowest BCUT2D eigenvalue weighted by atomic mass is 10.0. The maximum atomic E-state index is 13.2. The van der Waals surface area contributed by atoms with Crippen molar-refractivity contribution in [3.05, 3.63) is 77.4 Å². The molecule has 0 fully saturated rings. The first kappa shape index (κ1) is 26.8. The molecule has 36 heavy (non-hydrogen) atoms. The predicted octanol–water partition coefficient (Wildman–Crippen LogP) is 5.40. The number of nitrogens with one attached hydrogen (secondary N) is 1. The van der Waals surface area contributed by atoms with Gasteiger partial charge in [-0.3, -0.25) is 4.79 Å². The molecule has 0 aliphatic rings. The van der Waals surface area contributed by atoms with Gasteiger partial charge in [-0.05, 0) is 53.6 Å². The average Bonchev–Trinajstić information content (AvgIpc) is 2.85. The molecule has 0 radical (unpaired) electrons. The number of nitriles is 1. The van der Waals surface area contributed by atoms with Crippen LogP contribution in [0.15, 0.2) is 65.6 Å². The van der Waals surface area contributed by atoms with E-state index in [1.54, 1.807) is 18.2 Å². The van der Waals surface area contributed by atoms with Crippen LogP contribution in [0.1, 0.15) is 23.6 Å². The van der Waals surface area contributed by atoms with Crippen molar-refractivity contribution in [2.45, 2.75) is 23.6 Å². The molecule has 186 valence electrons. The number of esters is 1. The number of nitrogens with zero attached hydrogens (tertiary/aromatic N) is 1. The first-order chi connectivity index (χ1) is 17.0. The molecule has 0 aliphatic heterocycles. The molecule has 3 aromatic carbocycles. The molecule has 10 heteroatoms. The molecule has 0 aromatic heterocycles. The summed E-state index contributed by atoms with van der Waals surface area (Å²) in [4.78, 5) is 24.9. The molecular weight excluding hydrogens is 493 g/mol. The second kappa shape index (κ2) is 10.8. The summed E-state index contributed by atoms with van der Waals surface area (Å²) in [6, 6.07) is 15.2. The third-order valence-electron chi connectivity index (χ3n) is 5.22. The summed E-state index contributed by atoms with van der Waals surface area (Å²) in [6.45, 7) is 1.26. The number of fused-ring (bicyclic) bond motifs is 1. The largest absolute Gasteiger partial charge is 0.466 e. The highest BCUT2D eigenvalue weighted by Gasteiger charge is 2.35. The summed E-state index contributed by atoms with van der Waals surface area (Å²) in [6.07, 6.45) is -1.85. The number of hydrogen-bond acceptors (Lipinski definition) is 6. The molecule has 1 unspecified atom stereocenters.